The third-order valence-corrected chi connectivity index (χ3v) is 4.13. The number of hydrogen-bond acceptors (Lipinski definition) is 0. The van der Waals surface area contributed by atoms with Crippen molar-refractivity contribution in [1.82, 2.24) is 4.98 Å². The minimum atomic E-state index is 0.643. The highest BCUT2D eigenvalue weighted by Gasteiger charge is 2.11. The zero-order valence-electron chi connectivity index (χ0n) is 10.6. The SMILES string of the molecule is CCCCCC(C)c1c[nH]c2c(Br)cccc12. The van der Waals surface area contributed by atoms with Crippen LogP contribution in [0.15, 0.2) is 28.9 Å². The maximum absolute atomic E-state index is 3.59. The van der Waals surface area contributed by atoms with E-state index in [4.69, 9.17) is 0 Å². The Balaban J connectivity index is 2.21. The molecule has 0 aliphatic heterocycles. The van der Waals surface area contributed by atoms with Crippen molar-refractivity contribution in [1.29, 1.82) is 0 Å². The lowest BCUT2D eigenvalue weighted by Gasteiger charge is -2.10. The van der Waals surface area contributed by atoms with Crippen LogP contribution in [0.3, 0.4) is 0 Å². The van der Waals surface area contributed by atoms with Gasteiger partial charge in [0.25, 0.3) is 0 Å². The van der Waals surface area contributed by atoms with Crippen molar-refractivity contribution in [2.24, 2.45) is 0 Å². The Bertz CT molecular complexity index is 487. The predicted octanol–water partition coefficient (Wildman–Crippen LogP) is 5.61. The number of unbranched alkanes of at least 4 members (excludes halogenated alkanes) is 2. The normalized spacial score (nSPS) is 13.1. The van der Waals surface area contributed by atoms with Gasteiger partial charge in [-0.15, -0.1) is 0 Å². The van der Waals surface area contributed by atoms with Gasteiger partial charge in [0, 0.05) is 16.1 Å². The molecule has 0 aliphatic rings. The molecule has 1 nitrogen and oxygen atoms in total. The summed E-state index contributed by atoms with van der Waals surface area (Å²) in [4.78, 5) is 3.38. The fourth-order valence-electron chi connectivity index (χ4n) is 2.40. The third-order valence-electron chi connectivity index (χ3n) is 3.47. The topological polar surface area (TPSA) is 15.8 Å². The summed E-state index contributed by atoms with van der Waals surface area (Å²) in [7, 11) is 0. The summed E-state index contributed by atoms with van der Waals surface area (Å²) in [5, 5.41) is 1.36. The third kappa shape index (κ3) is 2.74. The van der Waals surface area contributed by atoms with E-state index in [1.165, 1.54) is 42.1 Å². The largest absolute Gasteiger partial charge is 0.360 e. The summed E-state index contributed by atoms with van der Waals surface area (Å²) in [6.07, 6.45) is 7.43. The molecule has 2 rings (SSSR count). The molecule has 1 aromatic carbocycles. The van der Waals surface area contributed by atoms with Crippen LogP contribution in [0.4, 0.5) is 0 Å². The van der Waals surface area contributed by atoms with Gasteiger partial charge in [0.2, 0.25) is 0 Å². The lowest BCUT2D eigenvalue weighted by Crippen LogP contribution is -1.92. The molecule has 0 saturated carbocycles. The van der Waals surface area contributed by atoms with E-state index in [-0.39, 0.29) is 0 Å². The number of halogens is 1. The first-order valence-electron chi connectivity index (χ1n) is 6.49. The quantitative estimate of drug-likeness (QED) is 0.689. The van der Waals surface area contributed by atoms with Crippen molar-refractivity contribution in [2.75, 3.05) is 0 Å². The van der Waals surface area contributed by atoms with Crippen molar-refractivity contribution in [2.45, 2.75) is 45.4 Å². The summed E-state index contributed by atoms with van der Waals surface area (Å²) in [5.74, 6) is 0.643. The Morgan fingerprint density at radius 1 is 1.29 bits per heavy atom. The average Bonchev–Trinajstić information content (AvgIpc) is 2.74. The number of para-hydroxylation sites is 1. The second-order valence-electron chi connectivity index (χ2n) is 4.80. The summed E-state index contributed by atoms with van der Waals surface area (Å²) in [6, 6.07) is 6.41. The number of aromatic nitrogens is 1. The summed E-state index contributed by atoms with van der Waals surface area (Å²) in [6.45, 7) is 4.59. The van der Waals surface area contributed by atoms with E-state index in [0.717, 1.165) is 4.47 Å². The molecule has 0 aliphatic carbocycles. The van der Waals surface area contributed by atoms with E-state index < -0.39 is 0 Å². The van der Waals surface area contributed by atoms with Gasteiger partial charge in [-0.2, -0.15) is 0 Å². The molecule has 1 aromatic heterocycles. The van der Waals surface area contributed by atoms with Crippen LogP contribution in [-0.2, 0) is 0 Å². The van der Waals surface area contributed by atoms with Crippen LogP contribution in [0.5, 0.6) is 0 Å². The van der Waals surface area contributed by atoms with Crippen molar-refractivity contribution in [3.05, 3.63) is 34.4 Å². The van der Waals surface area contributed by atoms with Gasteiger partial charge in [-0.1, -0.05) is 45.2 Å². The summed E-state index contributed by atoms with van der Waals surface area (Å²) >= 11 is 3.59. The summed E-state index contributed by atoms with van der Waals surface area (Å²) < 4.78 is 1.15. The van der Waals surface area contributed by atoms with Crippen molar-refractivity contribution in [3.63, 3.8) is 0 Å². The van der Waals surface area contributed by atoms with Gasteiger partial charge in [0.05, 0.1) is 5.52 Å². The fraction of sp³-hybridized carbons (Fsp3) is 0.467. The number of H-pyrrole nitrogens is 1. The van der Waals surface area contributed by atoms with E-state index >= 15 is 0 Å². The van der Waals surface area contributed by atoms with Crippen LogP contribution in [0.2, 0.25) is 0 Å². The van der Waals surface area contributed by atoms with E-state index in [0.29, 0.717) is 5.92 Å². The minimum Gasteiger partial charge on any atom is -0.360 e. The van der Waals surface area contributed by atoms with E-state index in [2.05, 4.69) is 59.2 Å². The molecule has 92 valence electrons. The molecule has 1 heterocycles. The number of aromatic amines is 1. The van der Waals surface area contributed by atoms with Crippen molar-refractivity contribution in [3.8, 4) is 0 Å². The molecular formula is C15H20BrN. The molecule has 0 amide bonds. The molecule has 0 bridgehead atoms. The van der Waals surface area contributed by atoms with Gasteiger partial charge in [0.15, 0.2) is 0 Å². The Morgan fingerprint density at radius 2 is 2.12 bits per heavy atom. The van der Waals surface area contributed by atoms with Crippen molar-refractivity contribution >= 4 is 26.8 Å². The van der Waals surface area contributed by atoms with Crippen LogP contribution in [0.1, 0.15) is 51.0 Å². The van der Waals surface area contributed by atoms with E-state index in [1.54, 1.807) is 0 Å². The van der Waals surface area contributed by atoms with Gasteiger partial charge in [0.1, 0.15) is 0 Å². The Kier molecular flexibility index (Phi) is 4.27. The van der Waals surface area contributed by atoms with Crippen LogP contribution in [-0.4, -0.2) is 4.98 Å². The van der Waals surface area contributed by atoms with Gasteiger partial charge < -0.3 is 4.98 Å². The molecule has 1 atom stereocenters. The average molecular weight is 294 g/mol. The number of fused-ring (bicyclic) bond motifs is 1. The van der Waals surface area contributed by atoms with Crippen molar-refractivity contribution < 1.29 is 0 Å². The van der Waals surface area contributed by atoms with Crippen LogP contribution >= 0.6 is 15.9 Å². The zero-order valence-corrected chi connectivity index (χ0v) is 12.2. The van der Waals surface area contributed by atoms with Gasteiger partial charge in [-0.05, 0) is 39.9 Å². The predicted molar refractivity (Wildman–Crippen MR) is 78.6 cm³/mol. The van der Waals surface area contributed by atoms with E-state index in [9.17, 15) is 0 Å². The summed E-state index contributed by atoms with van der Waals surface area (Å²) in [5.41, 5.74) is 2.68. The lowest BCUT2D eigenvalue weighted by atomic mass is 9.95. The number of nitrogens with one attached hydrogen (secondary N) is 1. The maximum Gasteiger partial charge on any atom is 0.0601 e. The Morgan fingerprint density at radius 3 is 2.88 bits per heavy atom. The highest BCUT2D eigenvalue weighted by Crippen LogP contribution is 2.32. The van der Waals surface area contributed by atoms with Gasteiger partial charge in [-0.3, -0.25) is 0 Å². The molecule has 1 unspecified atom stereocenters. The standard InChI is InChI=1S/C15H20BrN/c1-3-4-5-7-11(2)13-10-17-15-12(13)8-6-9-14(15)16/h6,8-11,17H,3-5,7H2,1-2H3. The van der Waals surface area contributed by atoms with E-state index in [1.807, 2.05) is 0 Å². The van der Waals surface area contributed by atoms with Crippen LogP contribution in [0.25, 0.3) is 10.9 Å². The second-order valence-corrected chi connectivity index (χ2v) is 5.66. The molecule has 0 spiro atoms. The molecule has 1 N–H and O–H groups in total. The first-order valence-corrected chi connectivity index (χ1v) is 7.28. The highest BCUT2D eigenvalue weighted by atomic mass is 79.9. The minimum absolute atomic E-state index is 0.643. The molecular weight excluding hydrogens is 274 g/mol. The van der Waals surface area contributed by atoms with Gasteiger partial charge >= 0.3 is 0 Å². The van der Waals surface area contributed by atoms with Crippen LogP contribution in [0, 0.1) is 0 Å². The number of benzene rings is 1. The maximum atomic E-state index is 3.59. The van der Waals surface area contributed by atoms with Gasteiger partial charge in [-0.25, -0.2) is 0 Å². The second kappa shape index (κ2) is 5.72. The lowest BCUT2D eigenvalue weighted by molar-refractivity contribution is 0.600. The molecule has 0 radical (unpaired) electrons. The monoisotopic (exact) mass is 293 g/mol. The molecule has 0 saturated heterocycles. The first-order chi connectivity index (χ1) is 8.24. The molecule has 0 fully saturated rings. The fourth-order valence-corrected chi connectivity index (χ4v) is 2.88. The molecule has 2 heteroatoms. The smallest absolute Gasteiger partial charge is 0.0601 e. The molecule has 17 heavy (non-hydrogen) atoms. The first kappa shape index (κ1) is 12.7. The number of hydrogen-bond donors (Lipinski definition) is 1. The Hall–Kier alpha value is -0.760. The van der Waals surface area contributed by atoms with Crippen LogP contribution < -0.4 is 0 Å². The highest BCUT2D eigenvalue weighted by molar-refractivity contribution is 9.10. The zero-order chi connectivity index (χ0) is 12.3. The molecule has 2 aromatic rings. The Labute approximate surface area is 112 Å². The number of rotatable bonds is 5.